The molecule has 0 aromatic carbocycles. The lowest BCUT2D eigenvalue weighted by molar-refractivity contribution is 0.644. The van der Waals surface area contributed by atoms with E-state index in [4.69, 9.17) is 0 Å². The van der Waals surface area contributed by atoms with Gasteiger partial charge in [0.05, 0.1) is 5.69 Å². The highest BCUT2D eigenvalue weighted by Crippen LogP contribution is 2.22. The molecular formula is C10H14IN. The second kappa shape index (κ2) is 4.80. The van der Waals surface area contributed by atoms with Gasteiger partial charge in [-0.25, -0.2) is 0 Å². The molecule has 1 heterocycles. The maximum atomic E-state index is 4.39. The van der Waals surface area contributed by atoms with Crippen molar-refractivity contribution in [1.82, 2.24) is 4.98 Å². The van der Waals surface area contributed by atoms with E-state index in [1.54, 1.807) is 0 Å². The van der Waals surface area contributed by atoms with Crippen molar-refractivity contribution < 1.29 is 0 Å². The largest absolute Gasteiger partial charge is 0.260 e. The van der Waals surface area contributed by atoms with E-state index in [1.807, 2.05) is 12.3 Å². The van der Waals surface area contributed by atoms with Crippen LogP contribution in [0.4, 0.5) is 0 Å². The summed E-state index contributed by atoms with van der Waals surface area (Å²) in [4.78, 5) is 4.39. The molecule has 0 aliphatic carbocycles. The summed E-state index contributed by atoms with van der Waals surface area (Å²) in [6, 6.07) is 4.11. The van der Waals surface area contributed by atoms with Gasteiger partial charge in [-0.1, -0.05) is 20.3 Å². The number of hydrogen-bond donors (Lipinski definition) is 0. The molecule has 0 N–H and O–H groups in total. The molecule has 0 spiro atoms. The summed E-state index contributed by atoms with van der Waals surface area (Å²) in [5.41, 5.74) is 1.25. The number of hydrogen-bond acceptors (Lipinski definition) is 1. The van der Waals surface area contributed by atoms with Gasteiger partial charge in [-0.15, -0.1) is 0 Å². The Bertz CT molecular complexity index is 247. The van der Waals surface area contributed by atoms with E-state index < -0.39 is 0 Å². The van der Waals surface area contributed by atoms with E-state index in [0.717, 1.165) is 0 Å². The summed E-state index contributed by atoms with van der Waals surface area (Å²) in [5, 5.41) is 0. The molecule has 1 unspecified atom stereocenters. The van der Waals surface area contributed by atoms with E-state index >= 15 is 0 Å². The zero-order chi connectivity index (χ0) is 8.97. The highest BCUT2D eigenvalue weighted by Gasteiger charge is 2.08. The van der Waals surface area contributed by atoms with Crippen LogP contribution in [0, 0.1) is 3.57 Å². The van der Waals surface area contributed by atoms with Gasteiger partial charge in [0.1, 0.15) is 0 Å². The average Bonchev–Trinajstić information content (AvgIpc) is 2.05. The average molecular weight is 275 g/mol. The van der Waals surface area contributed by atoms with Crippen LogP contribution in [-0.4, -0.2) is 4.98 Å². The Hall–Kier alpha value is -0.120. The fraction of sp³-hybridized carbons (Fsp3) is 0.500. The summed E-state index contributed by atoms with van der Waals surface area (Å²) in [6.07, 6.45) is 4.34. The zero-order valence-electron chi connectivity index (χ0n) is 7.55. The molecule has 0 bridgehead atoms. The maximum Gasteiger partial charge on any atom is 0.0564 e. The first-order chi connectivity index (χ1) is 5.75. The molecular weight excluding hydrogens is 261 g/mol. The van der Waals surface area contributed by atoms with Gasteiger partial charge in [0, 0.05) is 9.77 Å². The Labute approximate surface area is 87.7 Å². The van der Waals surface area contributed by atoms with Gasteiger partial charge >= 0.3 is 0 Å². The molecule has 1 atom stereocenters. The van der Waals surface area contributed by atoms with E-state index in [0.29, 0.717) is 5.92 Å². The molecule has 2 heteroatoms. The standard InChI is InChI=1S/C10H14IN/c1-3-5-8(2)10-9(11)6-4-7-12-10/h4,6-8H,3,5H2,1-2H3. The van der Waals surface area contributed by atoms with Crippen molar-refractivity contribution in [2.45, 2.75) is 32.6 Å². The fourth-order valence-corrected chi connectivity index (χ4v) is 2.21. The van der Waals surface area contributed by atoms with Gasteiger partial charge in [-0.3, -0.25) is 4.98 Å². The van der Waals surface area contributed by atoms with Crippen LogP contribution in [-0.2, 0) is 0 Å². The van der Waals surface area contributed by atoms with Gasteiger partial charge in [0.25, 0.3) is 0 Å². The number of nitrogens with zero attached hydrogens (tertiary/aromatic N) is 1. The quantitative estimate of drug-likeness (QED) is 0.768. The monoisotopic (exact) mass is 275 g/mol. The van der Waals surface area contributed by atoms with Crippen LogP contribution in [0.2, 0.25) is 0 Å². The molecule has 0 aliphatic heterocycles. The first-order valence-corrected chi connectivity index (χ1v) is 5.44. The summed E-state index contributed by atoms with van der Waals surface area (Å²) >= 11 is 2.35. The Morgan fingerprint density at radius 2 is 2.33 bits per heavy atom. The molecule has 1 rings (SSSR count). The van der Waals surface area contributed by atoms with Gasteiger partial charge in [-0.2, -0.15) is 0 Å². The molecule has 0 saturated carbocycles. The predicted octanol–water partition coefficient (Wildman–Crippen LogP) is 3.59. The Kier molecular flexibility index (Phi) is 3.98. The SMILES string of the molecule is CCCC(C)c1ncccc1I. The van der Waals surface area contributed by atoms with Crippen LogP contribution in [0.25, 0.3) is 0 Å². The summed E-state index contributed by atoms with van der Waals surface area (Å²) in [7, 11) is 0. The van der Waals surface area contributed by atoms with Gasteiger partial charge in [0.2, 0.25) is 0 Å². The highest BCUT2D eigenvalue weighted by molar-refractivity contribution is 14.1. The Morgan fingerprint density at radius 3 is 2.92 bits per heavy atom. The maximum absolute atomic E-state index is 4.39. The van der Waals surface area contributed by atoms with Crippen molar-refractivity contribution in [3.05, 3.63) is 27.6 Å². The lowest BCUT2D eigenvalue weighted by Crippen LogP contribution is -1.98. The Morgan fingerprint density at radius 1 is 1.58 bits per heavy atom. The van der Waals surface area contributed by atoms with Gasteiger partial charge in [-0.05, 0) is 47.1 Å². The summed E-state index contributed by atoms with van der Waals surface area (Å²) in [6.45, 7) is 4.46. The number of rotatable bonds is 3. The van der Waals surface area contributed by atoms with Crippen LogP contribution < -0.4 is 0 Å². The minimum absolute atomic E-state index is 0.600. The minimum Gasteiger partial charge on any atom is -0.260 e. The van der Waals surface area contributed by atoms with Crippen molar-refractivity contribution in [3.63, 3.8) is 0 Å². The van der Waals surface area contributed by atoms with Crippen LogP contribution in [0.1, 0.15) is 38.3 Å². The second-order valence-corrected chi connectivity index (χ2v) is 4.22. The molecule has 0 saturated heterocycles. The van der Waals surface area contributed by atoms with Crippen molar-refractivity contribution in [1.29, 1.82) is 0 Å². The van der Waals surface area contributed by atoms with Gasteiger partial charge < -0.3 is 0 Å². The third-order valence-corrected chi connectivity index (χ3v) is 2.89. The number of pyridine rings is 1. The second-order valence-electron chi connectivity index (χ2n) is 3.06. The predicted molar refractivity (Wildman–Crippen MR) is 60.3 cm³/mol. The molecule has 12 heavy (non-hydrogen) atoms. The van der Waals surface area contributed by atoms with Crippen LogP contribution in [0.3, 0.4) is 0 Å². The van der Waals surface area contributed by atoms with Crippen molar-refractivity contribution >= 4 is 22.6 Å². The van der Waals surface area contributed by atoms with E-state index in [1.165, 1.54) is 22.1 Å². The van der Waals surface area contributed by atoms with Crippen LogP contribution >= 0.6 is 22.6 Å². The minimum atomic E-state index is 0.600. The van der Waals surface area contributed by atoms with Crippen LogP contribution in [0.15, 0.2) is 18.3 Å². The molecule has 0 amide bonds. The van der Waals surface area contributed by atoms with Gasteiger partial charge in [0.15, 0.2) is 0 Å². The van der Waals surface area contributed by atoms with Crippen LogP contribution in [0.5, 0.6) is 0 Å². The third kappa shape index (κ3) is 2.44. The molecule has 66 valence electrons. The van der Waals surface area contributed by atoms with E-state index in [-0.39, 0.29) is 0 Å². The van der Waals surface area contributed by atoms with E-state index in [2.05, 4.69) is 47.5 Å². The van der Waals surface area contributed by atoms with Crippen molar-refractivity contribution in [3.8, 4) is 0 Å². The molecule has 1 nitrogen and oxygen atoms in total. The summed E-state index contributed by atoms with van der Waals surface area (Å²) in [5.74, 6) is 0.600. The summed E-state index contributed by atoms with van der Waals surface area (Å²) < 4.78 is 1.29. The number of aromatic nitrogens is 1. The Balaban J connectivity index is 2.79. The van der Waals surface area contributed by atoms with Crippen molar-refractivity contribution in [2.24, 2.45) is 0 Å². The highest BCUT2D eigenvalue weighted by atomic mass is 127. The molecule has 0 fully saturated rings. The molecule has 1 aromatic rings. The molecule has 0 aliphatic rings. The first-order valence-electron chi connectivity index (χ1n) is 4.36. The normalized spacial score (nSPS) is 12.9. The van der Waals surface area contributed by atoms with E-state index in [9.17, 15) is 0 Å². The smallest absolute Gasteiger partial charge is 0.0564 e. The molecule has 1 aromatic heterocycles. The topological polar surface area (TPSA) is 12.9 Å². The third-order valence-electron chi connectivity index (χ3n) is 1.98. The fourth-order valence-electron chi connectivity index (χ4n) is 1.33. The lowest BCUT2D eigenvalue weighted by Gasteiger charge is -2.10. The first kappa shape index (κ1) is 9.96. The van der Waals surface area contributed by atoms with Crippen molar-refractivity contribution in [2.75, 3.05) is 0 Å². The molecule has 0 radical (unpaired) electrons. The lowest BCUT2D eigenvalue weighted by atomic mass is 10.0. The number of halogens is 1. The zero-order valence-corrected chi connectivity index (χ0v) is 9.71.